The Bertz CT molecular complexity index is 386. The van der Waals surface area contributed by atoms with E-state index in [9.17, 15) is 18.0 Å². The molecule has 1 N–H and O–H groups in total. The average molecular weight is 251 g/mol. The SMILES string of the molecule is CN(CCC(F)(F)F)Cc1cc(C(=O)O)co1. The van der Waals surface area contributed by atoms with Crippen molar-refractivity contribution in [3.8, 4) is 0 Å². The first-order valence-corrected chi connectivity index (χ1v) is 4.84. The van der Waals surface area contributed by atoms with Crippen molar-refractivity contribution < 1.29 is 27.5 Å². The number of alkyl halides is 3. The lowest BCUT2D eigenvalue weighted by atomic mass is 10.3. The number of nitrogens with zero attached hydrogens (tertiary/aromatic N) is 1. The highest BCUT2D eigenvalue weighted by molar-refractivity contribution is 5.87. The van der Waals surface area contributed by atoms with Crippen LogP contribution in [0.25, 0.3) is 0 Å². The van der Waals surface area contributed by atoms with Crippen LogP contribution in [-0.2, 0) is 6.54 Å². The molecule has 0 aliphatic rings. The maximum Gasteiger partial charge on any atom is 0.390 e. The molecule has 0 aliphatic heterocycles. The summed E-state index contributed by atoms with van der Waals surface area (Å²) in [6, 6.07) is 1.30. The van der Waals surface area contributed by atoms with Crippen LogP contribution in [0.3, 0.4) is 0 Å². The summed E-state index contributed by atoms with van der Waals surface area (Å²) in [6.45, 7) is -0.0179. The quantitative estimate of drug-likeness (QED) is 0.872. The Labute approximate surface area is 95.6 Å². The van der Waals surface area contributed by atoms with E-state index < -0.39 is 18.6 Å². The summed E-state index contributed by atoms with van der Waals surface area (Å²) < 4.78 is 40.7. The van der Waals surface area contributed by atoms with Gasteiger partial charge in [-0.2, -0.15) is 13.2 Å². The van der Waals surface area contributed by atoms with Gasteiger partial charge in [0.1, 0.15) is 12.0 Å². The number of aromatic carboxylic acids is 1. The summed E-state index contributed by atoms with van der Waals surface area (Å²) in [5, 5.41) is 8.62. The van der Waals surface area contributed by atoms with Gasteiger partial charge in [0.2, 0.25) is 0 Å². The van der Waals surface area contributed by atoms with Crippen LogP contribution in [0.4, 0.5) is 13.2 Å². The van der Waals surface area contributed by atoms with Gasteiger partial charge in [-0.1, -0.05) is 0 Å². The highest BCUT2D eigenvalue weighted by Gasteiger charge is 2.27. The van der Waals surface area contributed by atoms with Gasteiger partial charge in [0.15, 0.2) is 0 Å². The summed E-state index contributed by atoms with van der Waals surface area (Å²) in [7, 11) is 1.51. The van der Waals surface area contributed by atoms with Crippen LogP contribution in [0, 0.1) is 0 Å². The highest BCUT2D eigenvalue weighted by atomic mass is 19.4. The van der Waals surface area contributed by atoms with Crippen LogP contribution in [0.15, 0.2) is 16.7 Å². The number of carboxylic acid groups (broad SMARTS) is 1. The van der Waals surface area contributed by atoms with Crippen molar-refractivity contribution >= 4 is 5.97 Å². The predicted molar refractivity (Wildman–Crippen MR) is 52.7 cm³/mol. The zero-order valence-electron chi connectivity index (χ0n) is 9.12. The third-order valence-corrected chi connectivity index (χ3v) is 2.10. The molecule has 1 rings (SSSR count). The molecular weight excluding hydrogens is 239 g/mol. The molecule has 0 spiro atoms. The lowest BCUT2D eigenvalue weighted by molar-refractivity contribution is -0.137. The topological polar surface area (TPSA) is 53.7 Å². The molecule has 0 radical (unpaired) electrons. The summed E-state index contributed by atoms with van der Waals surface area (Å²) >= 11 is 0. The number of hydrogen-bond donors (Lipinski definition) is 1. The standard InChI is InChI=1S/C10H12F3NO3/c1-14(3-2-10(11,12)13)5-8-4-7(6-17-8)9(15)16/h4,6H,2-3,5H2,1H3,(H,15,16). The minimum absolute atomic E-state index is 0.00998. The number of carbonyl (C=O) groups is 1. The van der Waals surface area contributed by atoms with Crippen molar-refractivity contribution in [2.45, 2.75) is 19.1 Å². The van der Waals surface area contributed by atoms with Gasteiger partial charge < -0.3 is 9.52 Å². The number of hydrogen-bond acceptors (Lipinski definition) is 3. The fourth-order valence-corrected chi connectivity index (χ4v) is 1.24. The molecule has 0 saturated carbocycles. The van der Waals surface area contributed by atoms with E-state index in [1.807, 2.05) is 0 Å². The van der Waals surface area contributed by atoms with Crippen LogP contribution >= 0.6 is 0 Å². The van der Waals surface area contributed by atoms with E-state index >= 15 is 0 Å². The smallest absolute Gasteiger partial charge is 0.390 e. The van der Waals surface area contributed by atoms with Gasteiger partial charge in [0, 0.05) is 6.54 Å². The van der Waals surface area contributed by atoms with E-state index in [-0.39, 0.29) is 18.7 Å². The molecule has 7 heteroatoms. The second-order valence-electron chi connectivity index (χ2n) is 3.71. The Morgan fingerprint density at radius 1 is 1.53 bits per heavy atom. The van der Waals surface area contributed by atoms with Gasteiger partial charge in [-0.3, -0.25) is 4.90 Å². The van der Waals surface area contributed by atoms with Crippen molar-refractivity contribution in [1.29, 1.82) is 0 Å². The van der Waals surface area contributed by atoms with Crippen LogP contribution in [-0.4, -0.2) is 35.7 Å². The fourth-order valence-electron chi connectivity index (χ4n) is 1.24. The van der Waals surface area contributed by atoms with E-state index in [1.54, 1.807) is 0 Å². The molecule has 1 aromatic heterocycles. The van der Waals surface area contributed by atoms with Crippen LogP contribution < -0.4 is 0 Å². The molecular formula is C10H12F3NO3. The second-order valence-corrected chi connectivity index (χ2v) is 3.71. The Balaban J connectivity index is 2.45. The van der Waals surface area contributed by atoms with Crippen LogP contribution in [0.5, 0.6) is 0 Å². The van der Waals surface area contributed by atoms with Gasteiger partial charge in [0.05, 0.1) is 18.5 Å². The lowest BCUT2D eigenvalue weighted by Gasteiger charge is -2.15. The van der Waals surface area contributed by atoms with Crippen LogP contribution in [0.1, 0.15) is 22.5 Å². The van der Waals surface area contributed by atoms with Gasteiger partial charge >= 0.3 is 12.1 Å². The number of furan rings is 1. The maximum atomic E-state index is 11.9. The largest absolute Gasteiger partial charge is 0.478 e. The van der Waals surface area contributed by atoms with Crippen molar-refractivity contribution in [1.82, 2.24) is 4.90 Å². The number of rotatable bonds is 5. The van der Waals surface area contributed by atoms with Crippen molar-refractivity contribution in [3.63, 3.8) is 0 Å². The van der Waals surface area contributed by atoms with Crippen molar-refractivity contribution in [3.05, 3.63) is 23.7 Å². The molecule has 0 saturated heterocycles. The number of halogens is 3. The normalized spacial score (nSPS) is 12.1. The zero-order chi connectivity index (χ0) is 13.1. The van der Waals surface area contributed by atoms with Crippen molar-refractivity contribution in [2.75, 3.05) is 13.6 Å². The summed E-state index contributed by atoms with van der Waals surface area (Å²) in [5.41, 5.74) is -0.00998. The van der Waals surface area contributed by atoms with E-state index in [0.29, 0.717) is 5.76 Å². The predicted octanol–water partition coefficient (Wildman–Crippen LogP) is 2.36. The minimum Gasteiger partial charge on any atom is -0.478 e. The Hall–Kier alpha value is -1.50. The Morgan fingerprint density at radius 2 is 2.18 bits per heavy atom. The summed E-state index contributed by atoms with van der Waals surface area (Å²) in [5.74, 6) is -0.801. The van der Waals surface area contributed by atoms with E-state index in [4.69, 9.17) is 9.52 Å². The molecule has 0 aliphatic carbocycles. The van der Waals surface area contributed by atoms with Crippen LogP contribution in [0.2, 0.25) is 0 Å². The first-order valence-electron chi connectivity index (χ1n) is 4.84. The molecule has 0 bridgehead atoms. The van der Waals surface area contributed by atoms with Crippen molar-refractivity contribution in [2.24, 2.45) is 0 Å². The first-order chi connectivity index (χ1) is 7.78. The van der Waals surface area contributed by atoms with E-state index in [0.717, 1.165) is 6.26 Å². The summed E-state index contributed by atoms with van der Waals surface area (Å²) in [4.78, 5) is 11.9. The monoisotopic (exact) mass is 251 g/mol. The van der Waals surface area contributed by atoms with E-state index in [1.165, 1.54) is 18.0 Å². The van der Waals surface area contributed by atoms with Gasteiger partial charge in [-0.05, 0) is 13.1 Å². The zero-order valence-corrected chi connectivity index (χ0v) is 9.12. The molecule has 17 heavy (non-hydrogen) atoms. The molecule has 4 nitrogen and oxygen atoms in total. The lowest BCUT2D eigenvalue weighted by Crippen LogP contribution is -2.23. The van der Waals surface area contributed by atoms with Gasteiger partial charge in [-0.15, -0.1) is 0 Å². The molecule has 1 heterocycles. The van der Waals surface area contributed by atoms with Gasteiger partial charge in [-0.25, -0.2) is 4.79 Å². The van der Waals surface area contributed by atoms with E-state index in [2.05, 4.69) is 0 Å². The maximum absolute atomic E-state index is 11.9. The minimum atomic E-state index is -4.19. The second kappa shape index (κ2) is 5.22. The summed E-state index contributed by atoms with van der Waals surface area (Å²) in [6.07, 6.45) is -4.03. The molecule has 96 valence electrons. The molecule has 0 atom stereocenters. The molecule has 0 amide bonds. The first kappa shape index (κ1) is 13.6. The highest BCUT2D eigenvalue weighted by Crippen LogP contribution is 2.20. The molecule has 0 aromatic carbocycles. The average Bonchev–Trinajstić information content (AvgIpc) is 2.62. The van der Waals surface area contributed by atoms with Gasteiger partial charge in [0.25, 0.3) is 0 Å². The fraction of sp³-hybridized carbons (Fsp3) is 0.500. The number of carboxylic acids is 1. The molecule has 0 unspecified atom stereocenters. The molecule has 0 fully saturated rings. The Morgan fingerprint density at radius 3 is 2.65 bits per heavy atom. The Kier molecular flexibility index (Phi) is 4.17. The third-order valence-electron chi connectivity index (χ3n) is 2.10. The third kappa shape index (κ3) is 4.90. The molecule has 1 aromatic rings.